The van der Waals surface area contributed by atoms with Crippen LogP contribution in [0.2, 0.25) is 0 Å². The van der Waals surface area contributed by atoms with Gasteiger partial charge in [0.2, 0.25) is 0 Å². The Hall–Kier alpha value is -2.40. The summed E-state index contributed by atoms with van der Waals surface area (Å²) in [4.78, 5) is 4.18. The van der Waals surface area contributed by atoms with Crippen molar-refractivity contribution in [3.63, 3.8) is 0 Å². The highest BCUT2D eigenvalue weighted by Gasteiger charge is 2.06. The van der Waals surface area contributed by atoms with E-state index in [4.69, 9.17) is 4.74 Å². The lowest BCUT2D eigenvalue weighted by Gasteiger charge is -2.12. The maximum absolute atomic E-state index is 13.6. The molecule has 1 aromatic heterocycles. The van der Waals surface area contributed by atoms with Crippen molar-refractivity contribution in [2.75, 3.05) is 5.32 Å². The van der Waals surface area contributed by atoms with Gasteiger partial charge in [-0.25, -0.2) is 9.37 Å². The summed E-state index contributed by atoms with van der Waals surface area (Å²) in [5, 5.41) is 6.03. The lowest BCUT2D eigenvalue weighted by Crippen LogP contribution is -2.04. The molecule has 0 atom stereocenters. The fourth-order valence-corrected chi connectivity index (χ4v) is 2.57. The summed E-state index contributed by atoms with van der Waals surface area (Å²) in [5.74, 6) is 0.496. The third kappa shape index (κ3) is 3.62. The van der Waals surface area contributed by atoms with Crippen molar-refractivity contribution in [2.24, 2.45) is 0 Å². The predicted molar refractivity (Wildman–Crippen MR) is 86.6 cm³/mol. The van der Waals surface area contributed by atoms with Crippen LogP contribution < -0.4 is 10.1 Å². The lowest BCUT2D eigenvalue weighted by molar-refractivity contribution is 0.297. The highest BCUT2D eigenvalue weighted by atomic mass is 32.1. The Morgan fingerprint density at radius 2 is 1.82 bits per heavy atom. The van der Waals surface area contributed by atoms with Gasteiger partial charge in [0.05, 0.1) is 0 Å². The summed E-state index contributed by atoms with van der Waals surface area (Å²) in [5.41, 5.74) is 1.55. The number of hydrogen-bond donors (Lipinski definition) is 1. The largest absolute Gasteiger partial charge is 0.488 e. The molecule has 0 saturated carbocycles. The molecular formula is C17H15FN2OS. The third-order valence-electron chi connectivity index (χ3n) is 3.18. The molecule has 0 fully saturated rings. The van der Waals surface area contributed by atoms with Crippen molar-refractivity contribution in [2.45, 2.75) is 13.2 Å². The van der Waals surface area contributed by atoms with Crippen LogP contribution in [-0.2, 0) is 13.2 Å². The fraction of sp³-hybridized carbons (Fsp3) is 0.118. The van der Waals surface area contributed by atoms with E-state index >= 15 is 0 Å². The molecule has 0 saturated heterocycles. The highest BCUT2D eigenvalue weighted by molar-refractivity contribution is 7.13. The Labute approximate surface area is 132 Å². The average Bonchev–Trinajstić information content (AvgIpc) is 3.06. The standard InChI is InChI=1S/C17H15FN2OS/c18-15-7-3-1-6-14(15)12-21-16-8-4-2-5-13(16)11-20-17-19-9-10-22-17/h1-10H,11-12H2,(H,19,20). The van der Waals surface area contributed by atoms with E-state index in [1.54, 1.807) is 35.7 Å². The van der Waals surface area contributed by atoms with Crippen molar-refractivity contribution >= 4 is 16.5 Å². The molecular weight excluding hydrogens is 299 g/mol. The quantitative estimate of drug-likeness (QED) is 0.729. The van der Waals surface area contributed by atoms with Gasteiger partial charge in [0.1, 0.15) is 18.2 Å². The van der Waals surface area contributed by atoms with Gasteiger partial charge in [0.15, 0.2) is 5.13 Å². The summed E-state index contributed by atoms with van der Waals surface area (Å²) in [6.07, 6.45) is 1.76. The van der Waals surface area contributed by atoms with Gasteiger partial charge in [0.25, 0.3) is 0 Å². The summed E-state index contributed by atoms with van der Waals surface area (Å²) in [6, 6.07) is 14.4. The number of rotatable bonds is 6. The summed E-state index contributed by atoms with van der Waals surface area (Å²) < 4.78 is 19.4. The molecule has 0 aliphatic heterocycles. The molecule has 22 heavy (non-hydrogen) atoms. The maximum Gasteiger partial charge on any atom is 0.182 e. The number of halogens is 1. The lowest BCUT2D eigenvalue weighted by atomic mass is 10.2. The van der Waals surface area contributed by atoms with E-state index in [-0.39, 0.29) is 12.4 Å². The van der Waals surface area contributed by atoms with E-state index in [2.05, 4.69) is 10.3 Å². The zero-order valence-electron chi connectivity index (χ0n) is 11.8. The molecule has 3 aromatic rings. The molecule has 1 heterocycles. The van der Waals surface area contributed by atoms with Gasteiger partial charge in [-0.2, -0.15) is 0 Å². The Kier molecular flexibility index (Phi) is 4.65. The molecule has 0 bridgehead atoms. The highest BCUT2D eigenvalue weighted by Crippen LogP contribution is 2.22. The minimum atomic E-state index is -0.249. The molecule has 0 radical (unpaired) electrons. The van der Waals surface area contributed by atoms with Crippen LogP contribution in [0, 0.1) is 5.82 Å². The van der Waals surface area contributed by atoms with E-state index < -0.39 is 0 Å². The monoisotopic (exact) mass is 314 g/mol. The third-order valence-corrected chi connectivity index (χ3v) is 3.91. The molecule has 3 nitrogen and oxygen atoms in total. The first-order valence-corrected chi connectivity index (χ1v) is 7.78. The smallest absolute Gasteiger partial charge is 0.182 e. The van der Waals surface area contributed by atoms with Crippen LogP contribution >= 0.6 is 11.3 Å². The fourth-order valence-electron chi connectivity index (χ4n) is 2.04. The van der Waals surface area contributed by atoms with Crippen LogP contribution in [0.1, 0.15) is 11.1 Å². The first kappa shape index (κ1) is 14.5. The summed E-state index contributed by atoms with van der Waals surface area (Å²) in [7, 11) is 0. The van der Waals surface area contributed by atoms with E-state index in [1.807, 2.05) is 29.6 Å². The number of benzene rings is 2. The van der Waals surface area contributed by atoms with Crippen LogP contribution in [0.15, 0.2) is 60.1 Å². The van der Waals surface area contributed by atoms with Gasteiger partial charge in [0, 0.05) is 29.2 Å². The normalized spacial score (nSPS) is 10.4. The molecule has 0 aliphatic rings. The number of aromatic nitrogens is 1. The molecule has 1 N–H and O–H groups in total. The van der Waals surface area contributed by atoms with Gasteiger partial charge in [-0.3, -0.25) is 0 Å². The van der Waals surface area contributed by atoms with Crippen LogP contribution in [0.25, 0.3) is 0 Å². The molecule has 0 unspecified atom stereocenters. The van der Waals surface area contributed by atoms with Crippen LogP contribution in [0.5, 0.6) is 5.75 Å². The molecule has 0 amide bonds. The second kappa shape index (κ2) is 7.04. The summed E-state index contributed by atoms with van der Waals surface area (Å²) in [6.45, 7) is 0.821. The first-order chi connectivity index (χ1) is 10.8. The van der Waals surface area contributed by atoms with Crippen LogP contribution in [0.3, 0.4) is 0 Å². The summed E-state index contributed by atoms with van der Waals surface area (Å²) >= 11 is 1.55. The van der Waals surface area contributed by atoms with Gasteiger partial charge in [-0.1, -0.05) is 36.4 Å². The van der Waals surface area contributed by atoms with E-state index in [1.165, 1.54) is 6.07 Å². The number of ether oxygens (including phenoxy) is 1. The Bertz CT molecular complexity index is 731. The molecule has 3 rings (SSSR count). The number of anilines is 1. The molecule has 5 heteroatoms. The molecule has 112 valence electrons. The Morgan fingerprint density at radius 1 is 1.05 bits per heavy atom. The Balaban J connectivity index is 1.67. The van der Waals surface area contributed by atoms with Gasteiger partial charge >= 0.3 is 0 Å². The minimum absolute atomic E-state index is 0.209. The molecule has 0 spiro atoms. The van der Waals surface area contributed by atoms with Gasteiger partial charge < -0.3 is 10.1 Å². The Morgan fingerprint density at radius 3 is 2.59 bits per heavy atom. The number of nitrogens with zero attached hydrogens (tertiary/aromatic N) is 1. The van der Waals surface area contributed by atoms with E-state index in [9.17, 15) is 4.39 Å². The molecule has 2 aromatic carbocycles. The maximum atomic E-state index is 13.6. The number of hydrogen-bond acceptors (Lipinski definition) is 4. The minimum Gasteiger partial charge on any atom is -0.488 e. The second-order valence-corrected chi connectivity index (χ2v) is 5.57. The number of thiazole rings is 1. The van der Waals surface area contributed by atoms with Crippen LogP contribution in [-0.4, -0.2) is 4.98 Å². The zero-order chi connectivity index (χ0) is 15.2. The predicted octanol–water partition coefficient (Wildman–Crippen LogP) is 4.47. The van der Waals surface area contributed by atoms with Crippen molar-refractivity contribution < 1.29 is 9.13 Å². The average molecular weight is 314 g/mol. The second-order valence-electron chi connectivity index (χ2n) is 4.68. The zero-order valence-corrected chi connectivity index (χ0v) is 12.6. The first-order valence-electron chi connectivity index (χ1n) is 6.90. The van der Waals surface area contributed by atoms with Gasteiger partial charge in [-0.05, 0) is 12.1 Å². The SMILES string of the molecule is Fc1ccccc1COc1ccccc1CNc1nccs1. The topological polar surface area (TPSA) is 34.1 Å². The van der Waals surface area contributed by atoms with Crippen molar-refractivity contribution in [1.82, 2.24) is 4.98 Å². The number of nitrogens with one attached hydrogen (secondary N) is 1. The van der Waals surface area contributed by atoms with E-state index in [0.29, 0.717) is 12.1 Å². The van der Waals surface area contributed by atoms with E-state index in [0.717, 1.165) is 16.4 Å². The number of para-hydroxylation sites is 1. The van der Waals surface area contributed by atoms with Crippen molar-refractivity contribution in [3.8, 4) is 5.75 Å². The van der Waals surface area contributed by atoms with Crippen molar-refractivity contribution in [3.05, 3.63) is 77.1 Å². The van der Waals surface area contributed by atoms with Crippen molar-refractivity contribution in [1.29, 1.82) is 0 Å². The van der Waals surface area contributed by atoms with Gasteiger partial charge in [-0.15, -0.1) is 11.3 Å². The molecule has 0 aliphatic carbocycles. The van der Waals surface area contributed by atoms with Crippen LogP contribution in [0.4, 0.5) is 9.52 Å².